The van der Waals surface area contributed by atoms with Crippen LogP contribution >= 0.6 is 46.4 Å². The van der Waals surface area contributed by atoms with Crippen molar-refractivity contribution in [2.75, 3.05) is 5.32 Å². The van der Waals surface area contributed by atoms with E-state index in [-0.39, 0.29) is 21.3 Å². The number of benzene rings is 2. The zero-order chi connectivity index (χ0) is 23.4. The molecule has 0 aromatic heterocycles. The van der Waals surface area contributed by atoms with Gasteiger partial charge in [-0.05, 0) is 35.9 Å². The second-order valence-electron chi connectivity index (χ2n) is 7.92. The molecule has 2 aromatic carbocycles. The second kappa shape index (κ2) is 8.28. The van der Waals surface area contributed by atoms with Crippen molar-refractivity contribution < 1.29 is 22.8 Å². The van der Waals surface area contributed by atoms with E-state index in [1.54, 1.807) is 0 Å². The van der Waals surface area contributed by atoms with E-state index in [1.807, 2.05) is 0 Å². The van der Waals surface area contributed by atoms with Crippen molar-refractivity contribution in [3.05, 3.63) is 63.4 Å². The Balaban J connectivity index is 1.46. The first-order chi connectivity index (χ1) is 14.9. The number of carbonyl (C=O) groups is 2. The number of halogens is 7. The summed E-state index contributed by atoms with van der Waals surface area (Å²) in [6.07, 6.45) is -0.872. The molecule has 4 rings (SSSR count). The molecule has 2 saturated carbocycles. The van der Waals surface area contributed by atoms with Crippen molar-refractivity contribution in [3.63, 3.8) is 0 Å². The van der Waals surface area contributed by atoms with Gasteiger partial charge in [0, 0.05) is 30.5 Å². The van der Waals surface area contributed by atoms with Crippen LogP contribution in [0, 0.1) is 11.7 Å². The van der Waals surface area contributed by atoms with E-state index in [2.05, 4.69) is 10.6 Å². The summed E-state index contributed by atoms with van der Waals surface area (Å²) in [5, 5.41) is 5.13. The molecule has 2 N–H and O–H groups in total. The number of carbonyl (C=O) groups excluding carboxylic acids is 2. The zero-order valence-electron chi connectivity index (χ0n) is 16.1. The predicted molar refractivity (Wildman–Crippen MR) is 118 cm³/mol. The van der Waals surface area contributed by atoms with Gasteiger partial charge in [0.2, 0.25) is 5.91 Å². The fourth-order valence-electron chi connectivity index (χ4n) is 3.80. The largest absolute Gasteiger partial charge is 0.349 e. The lowest BCUT2D eigenvalue weighted by Crippen LogP contribution is -2.50. The van der Waals surface area contributed by atoms with E-state index in [0.717, 1.165) is 0 Å². The summed E-state index contributed by atoms with van der Waals surface area (Å²) in [6, 6.07) is 7.62. The average Bonchev–Trinajstić information content (AvgIpc) is 3.26. The topological polar surface area (TPSA) is 58.2 Å². The summed E-state index contributed by atoms with van der Waals surface area (Å²) < 4.78 is 38.3. The number of hydrogen-bond acceptors (Lipinski definition) is 2. The Kier molecular flexibility index (Phi) is 6.07. The Morgan fingerprint density at radius 1 is 1.00 bits per heavy atom. The van der Waals surface area contributed by atoms with Gasteiger partial charge in [-0.1, -0.05) is 29.3 Å². The summed E-state index contributed by atoms with van der Waals surface area (Å²) in [7, 11) is 0. The number of anilines is 1. The van der Waals surface area contributed by atoms with Crippen LogP contribution in [0.4, 0.5) is 18.9 Å². The molecule has 2 fully saturated rings. The summed E-state index contributed by atoms with van der Waals surface area (Å²) in [4.78, 5) is 25.2. The van der Waals surface area contributed by atoms with E-state index in [4.69, 9.17) is 46.4 Å². The van der Waals surface area contributed by atoms with E-state index < -0.39 is 58.6 Å². The fraction of sp³-hybridized carbons (Fsp3) is 0.333. The summed E-state index contributed by atoms with van der Waals surface area (Å²) in [6.45, 7) is 0. The van der Waals surface area contributed by atoms with Crippen molar-refractivity contribution in [2.24, 2.45) is 5.92 Å². The average molecular weight is 526 g/mol. The van der Waals surface area contributed by atoms with Crippen LogP contribution in [0.2, 0.25) is 10.0 Å². The van der Waals surface area contributed by atoms with E-state index in [1.165, 1.54) is 36.4 Å². The first-order valence-corrected chi connectivity index (χ1v) is 11.0. The Hall–Kier alpha value is -1.67. The van der Waals surface area contributed by atoms with Crippen LogP contribution < -0.4 is 10.6 Å². The molecule has 170 valence electrons. The van der Waals surface area contributed by atoms with Gasteiger partial charge in [-0.3, -0.25) is 9.59 Å². The van der Waals surface area contributed by atoms with Gasteiger partial charge in [0.1, 0.15) is 10.2 Å². The maximum Gasteiger partial charge on any atom is 0.253 e. The first kappa shape index (κ1) is 23.5. The van der Waals surface area contributed by atoms with Crippen molar-refractivity contribution in [3.8, 4) is 0 Å². The third-order valence-electron chi connectivity index (χ3n) is 5.54. The van der Waals surface area contributed by atoms with E-state index in [9.17, 15) is 22.8 Å². The van der Waals surface area contributed by atoms with Gasteiger partial charge in [0.05, 0.1) is 21.5 Å². The molecule has 11 heteroatoms. The van der Waals surface area contributed by atoms with Gasteiger partial charge < -0.3 is 10.6 Å². The quantitative estimate of drug-likeness (QED) is 0.457. The highest BCUT2D eigenvalue weighted by molar-refractivity contribution is 6.53. The predicted octanol–water partition coefficient (Wildman–Crippen LogP) is 6.19. The molecule has 0 radical (unpaired) electrons. The van der Waals surface area contributed by atoms with Crippen LogP contribution in [0.25, 0.3) is 0 Å². The number of hydrogen-bond donors (Lipinski definition) is 2. The van der Waals surface area contributed by atoms with Crippen molar-refractivity contribution in [1.82, 2.24) is 5.32 Å². The Morgan fingerprint density at radius 3 is 2.28 bits per heavy atom. The summed E-state index contributed by atoms with van der Waals surface area (Å²) in [5.41, 5.74) is 0.681. The molecule has 0 heterocycles. The van der Waals surface area contributed by atoms with E-state index >= 15 is 0 Å². The minimum Gasteiger partial charge on any atom is -0.349 e. The molecule has 2 aliphatic rings. The summed E-state index contributed by atoms with van der Waals surface area (Å²) in [5.74, 6) is -6.14. The molecule has 0 saturated heterocycles. The second-order valence-corrected chi connectivity index (χ2v) is 10.2. The Morgan fingerprint density at radius 2 is 1.66 bits per heavy atom. The third-order valence-corrected chi connectivity index (χ3v) is 7.12. The molecule has 32 heavy (non-hydrogen) atoms. The monoisotopic (exact) mass is 524 g/mol. The minimum atomic E-state index is -2.78. The molecule has 2 aromatic rings. The van der Waals surface area contributed by atoms with Gasteiger partial charge >= 0.3 is 0 Å². The molecule has 0 aliphatic heterocycles. The standard InChI is InChI=1S/C21H15Cl4F3N2O2/c22-13-4-2-10(6-12(13)18(31)30-11-7-20(27,28)8-11)29-19(32)17-16(21(17,24)25)9-1-3-14(23)15(26)5-9/h1-6,11,16-17H,7-8H2,(H,29,32)(H,30,31). The van der Waals surface area contributed by atoms with Crippen molar-refractivity contribution >= 4 is 63.9 Å². The molecule has 4 nitrogen and oxygen atoms in total. The molecule has 2 aliphatic carbocycles. The van der Waals surface area contributed by atoms with Crippen LogP contribution in [0.1, 0.15) is 34.7 Å². The van der Waals surface area contributed by atoms with Crippen LogP contribution in [0.5, 0.6) is 0 Å². The Labute approximate surface area is 201 Å². The SMILES string of the molecule is O=C(NC1CC(F)(F)C1)c1cc(NC(=O)C2C(c3ccc(Cl)c(F)c3)C2(Cl)Cl)ccc1Cl. The molecule has 2 unspecified atom stereocenters. The van der Waals surface area contributed by atoms with Crippen LogP contribution in [-0.4, -0.2) is 28.1 Å². The van der Waals surface area contributed by atoms with Gasteiger partial charge in [-0.15, -0.1) is 23.2 Å². The molecule has 0 bridgehead atoms. The highest BCUT2D eigenvalue weighted by atomic mass is 35.5. The van der Waals surface area contributed by atoms with Crippen LogP contribution in [-0.2, 0) is 4.79 Å². The molecule has 2 amide bonds. The highest BCUT2D eigenvalue weighted by Gasteiger charge is 2.67. The third kappa shape index (κ3) is 4.53. The van der Waals surface area contributed by atoms with Gasteiger partial charge in [-0.2, -0.15) is 0 Å². The maximum atomic E-state index is 13.8. The highest BCUT2D eigenvalue weighted by Crippen LogP contribution is 2.65. The molecule has 0 spiro atoms. The molecular formula is C21H15Cl4F3N2O2. The van der Waals surface area contributed by atoms with Crippen molar-refractivity contribution in [2.45, 2.75) is 35.1 Å². The minimum absolute atomic E-state index is 0.0230. The van der Waals surface area contributed by atoms with Gasteiger partial charge in [0.25, 0.3) is 11.8 Å². The lowest BCUT2D eigenvalue weighted by Gasteiger charge is -2.35. The van der Waals surface area contributed by atoms with Gasteiger partial charge in [0.15, 0.2) is 0 Å². The van der Waals surface area contributed by atoms with E-state index in [0.29, 0.717) is 5.56 Å². The molecule has 2 atom stereocenters. The molecular weight excluding hydrogens is 511 g/mol. The van der Waals surface area contributed by atoms with Crippen LogP contribution in [0.3, 0.4) is 0 Å². The fourth-order valence-corrected chi connectivity index (χ4v) is 4.95. The van der Waals surface area contributed by atoms with Crippen LogP contribution in [0.15, 0.2) is 36.4 Å². The lowest BCUT2D eigenvalue weighted by molar-refractivity contribution is -0.117. The van der Waals surface area contributed by atoms with Gasteiger partial charge in [-0.25, -0.2) is 13.2 Å². The number of rotatable bonds is 5. The number of nitrogens with one attached hydrogen (secondary N) is 2. The summed E-state index contributed by atoms with van der Waals surface area (Å²) >= 11 is 24.3. The first-order valence-electron chi connectivity index (χ1n) is 9.51. The Bertz CT molecular complexity index is 1100. The number of alkyl halides is 4. The maximum absolute atomic E-state index is 13.8. The zero-order valence-corrected chi connectivity index (χ0v) is 19.1. The smallest absolute Gasteiger partial charge is 0.253 e. The normalized spacial score (nSPS) is 23.2. The number of amides is 2. The van der Waals surface area contributed by atoms with Crippen molar-refractivity contribution in [1.29, 1.82) is 0 Å². The lowest BCUT2D eigenvalue weighted by atomic mass is 9.88.